The number of fused-ring (bicyclic) bond motifs is 1. The minimum atomic E-state index is -0.411. The molecule has 19 heavy (non-hydrogen) atoms. The van der Waals surface area contributed by atoms with E-state index in [1.54, 1.807) is 6.07 Å². The number of aromatic nitrogens is 1. The molecule has 2 aromatic rings. The van der Waals surface area contributed by atoms with E-state index in [0.717, 1.165) is 26.6 Å². The van der Waals surface area contributed by atoms with Gasteiger partial charge in [-0.05, 0) is 53.5 Å². The lowest BCUT2D eigenvalue weighted by Crippen LogP contribution is -2.12. The number of ether oxygens (including phenoxy) is 2. The Bertz CT molecular complexity index is 640. The Morgan fingerprint density at radius 1 is 1.37 bits per heavy atom. The summed E-state index contributed by atoms with van der Waals surface area (Å²) in [6.07, 6.45) is 0. The number of benzene rings is 1. The summed E-state index contributed by atoms with van der Waals surface area (Å²) in [4.78, 5) is 15.6. The topological polar surface area (TPSA) is 48.4 Å². The molecular formula is C14H14BrNO3. The second-order valence-corrected chi connectivity index (χ2v) is 5.01. The number of pyridine rings is 1. The zero-order valence-corrected chi connectivity index (χ0v) is 12.6. The van der Waals surface area contributed by atoms with Crippen molar-refractivity contribution in [2.24, 2.45) is 0 Å². The second-order valence-electron chi connectivity index (χ2n) is 4.22. The summed E-state index contributed by atoms with van der Waals surface area (Å²) in [6.45, 7) is 3.87. The van der Waals surface area contributed by atoms with E-state index in [9.17, 15) is 4.79 Å². The van der Waals surface area contributed by atoms with E-state index in [1.165, 1.54) is 7.11 Å². The Balaban J connectivity index is 2.43. The summed E-state index contributed by atoms with van der Waals surface area (Å²) < 4.78 is 10.8. The molecule has 0 amide bonds. The van der Waals surface area contributed by atoms with Gasteiger partial charge < -0.3 is 9.47 Å². The van der Waals surface area contributed by atoms with Crippen LogP contribution in [0.25, 0.3) is 10.9 Å². The Kier molecular flexibility index (Phi) is 4.04. The monoisotopic (exact) mass is 323 g/mol. The molecule has 0 aliphatic rings. The molecule has 5 heteroatoms. The van der Waals surface area contributed by atoms with Gasteiger partial charge in [-0.1, -0.05) is 0 Å². The fourth-order valence-electron chi connectivity index (χ4n) is 1.93. The van der Waals surface area contributed by atoms with E-state index in [1.807, 2.05) is 26.0 Å². The smallest absolute Gasteiger partial charge is 0.343 e. The van der Waals surface area contributed by atoms with Crippen molar-refractivity contribution in [2.45, 2.75) is 13.8 Å². The molecule has 0 bridgehead atoms. The van der Waals surface area contributed by atoms with Crippen molar-refractivity contribution in [3.63, 3.8) is 0 Å². The van der Waals surface area contributed by atoms with Crippen molar-refractivity contribution in [1.82, 2.24) is 4.98 Å². The van der Waals surface area contributed by atoms with Crippen LogP contribution in [-0.2, 0) is 9.53 Å². The maximum absolute atomic E-state index is 11.1. The van der Waals surface area contributed by atoms with E-state index in [0.29, 0.717) is 5.75 Å². The first-order valence-corrected chi connectivity index (χ1v) is 6.58. The molecule has 0 radical (unpaired) electrons. The SMILES string of the molecule is COC(=O)COc1ccc2nc(C)cc(C)c2c1Br. The van der Waals surface area contributed by atoms with Gasteiger partial charge in [-0.3, -0.25) is 4.98 Å². The van der Waals surface area contributed by atoms with Crippen LogP contribution in [0.1, 0.15) is 11.3 Å². The van der Waals surface area contributed by atoms with Crippen LogP contribution in [0.5, 0.6) is 5.75 Å². The summed E-state index contributed by atoms with van der Waals surface area (Å²) in [5.74, 6) is 0.192. The fourth-order valence-corrected chi connectivity index (χ4v) is 2.69. The minimum absolute atomic E-state index is 0.112. The molecule has 0 atom stereocenters. The maximum Gasteiger partial charge on any atom is 0.343 e. The fraction of sp³-hybridized carbons (Fsp3) is 0.286. The molecule has 100 valence electrons. The van der Waals surface area contributed by atoms with Gasteiger partial charge in [-0.25, -0.2) is 4.79 Å². The number of carbonyl (C=O) groups is 1. The van der Waals surface area contributed by atoms with Crippen molar-refractivity contribution < 1.29 is 14.3 Å². The summed E-state index contributed by atoms with van der Waals surface area (Å²) in [5.41, 5.74) is 2.98. The summed E-state index contributed by atoms with van der Waals surface area (Å²) in [5, 5.41) is 0.993. The third kappa shape index (κ3) is 2.87. The Morgan fingerprint density at radius 2 is 2.11 bits per heavy atom. The van der Waals surface area contributed by atoms with Crippen molar-refractivity contribution in [1.29, 1.82) is 0 Å². The van der Waals surface area contributed by atoms with Crippen LogP contribution in [0.15, 0.2) is 22.7 Å². The van der Waals surface area contributed by atoms with Gasteiger partial charge in [0.15, 0.2) is 6.61 Å². The highest BCUT2D eigenvalue weighted by Gasteiger charge is 2.11. The van der Waals surface area contributed by atoms with E-state index in [2.05, 4.69) is 25.7 Å². The lowest BCUT2D eigenvalue weighted by Gasteiger charge is -2.11. The van der Waals surface area contributed by atoms with Gasteiger partial charge in [0, 0.05) is 11.1 Å². The molecule has 1 aromatic carbocycles. The highest BCUT2D eigenvalue weighted by Crippen LogP contribution is 2.34. The summed E-state index contributed by atoms with van der Waals surface area (Å²) in [6, 6.07) is 5.69. The van der Waals surface area contributed by atoms with Gasteiger partial charge in [0.2, 0.25) is 0 Å². The average molecular weight is 324 g/mol. The number of carbonyl (C=O) groups excluding carboxylic acids is 1. The zero-order valence-electron chi connectivity index (χ0n) is 11.0. The van der Waals surface area contributed by atoms with Gasteiger partial charge in [0.1, 0.15) is 5.75 Å². The number of nitrogens with zero attached hydrogens (tertiary/aromatic N) is 1. The first-order chi connectivity index (χ1) is 9.02. The molecule has 0 fully saturated rings. The number of rotatable bonds is 3. The van der Waals surface area contributed by atoms with Crippen LogP contribution < -0.4 is 4.74 Å². The lowest BCUT2D eigenvalue weighted by atomic mass is 10.1. The van der Waals surface area contributed by atoms with E-state index in [-0.39, 0.29) is 6.61 Å². The third-order valence-electron chi connectivity index (χ3n) is 2.77. The molecular weight excluding hydrogens is 310 g/mol. The van der Waals surface area contributed by atoms with Crippen molar-refractivity contribution in [3.05, 3.63) is 33.9 Å². The Hall–Kier alpha value is -1.62. The van der Waals surface area contributed by atoms with Crippen molar-refractivity contribution in [3.8, 4) is 5.75 Å². The van der Waals surface area contributed by atoms with Crippen LogP contribution >= 0.6 is 15.9 Å². The first kappa shape index (κ1) is 13.8. The molecule has 0 saturated carbocycles. The number of esters is 1. The van der Waals surface area contributed by atoms with E-state index in [4.69, 9.17) is 4.74 Å². The highest BCUT2D eigenvalue weighted by atomic mass is 79.9. The maximum atomic E-state index is 11.1. The molecule has 2 rings (SSSR count). The van der Waals surface area contributed by atoms with Gasteiger partial charge in [0.25, 0.3) is 0 Å². The summed E-state index contributed by atoms with van der Waals surface area (Å²) in [7, 11) is 1.33. The van der Waals surface area contributed by atoms with Crippen LogP contribution in [0.3, 0.4) is 0 Å². The van der Waals surface area contributed by atoms with Crippen LogP contribution in [0, 0.1) is 13.8 Å². The molecule has 0 unspecified atom stereocenters. The molecule has 0 saturated heterocycles. The predicted octanol–water partition coefficient (Wildman–Crippen LogP) is 3.17. The number of hydrogen-bond donors (Lipinski definition) is 0. The Labute approximate surface area is 119 Å². The number of halogens is 1. The van der Waals surface area contributed by atoms with E-state index >= 15 is 0 Å². The van der Waals surface area contributed by atoms with Crippen LogP contribution in [-0.4, -0.2) is 24.7 Å². The highest BCUT2D eigenvalue weighted by molar-refractivity contribution is 9.10. The summed E-state index contributed by atoms with van der Waals surface area (Å²) >= 11 is 3.51. The van der Waals surface area contributed by atoms with Crippen LogP contribution in [0.2, 0.25) is 0 Å². The van der Waals surface area contributed by atoms with Crippen molar-refractivity contribution in [2.75, 3.05) is 13.7 Å². The second kappa shape index (κ2) is 5.57. The van der Waals surface area contributed by atoms with Gasteiger partial charge in [-0.15, -0.1) is 0 Å². The quantitative estimate of drug-likeness (QED) is 0.814. The molecule has 0 aliphatic heterocycles. The molecule has 0 aliphatic carbocycles. The molecule has 1 heterocycles. The number of aryl methyl sites for hydroxylation is 2. The lowest BCUT2D eigenvalue weighted by molar-refractivity contribution is -0.142. The minimum Gasteiger partial charge on any atom is -0.481 e. The van der Waals surface area contributed by atoms with Gasteiger partial charge in [0.05, 0.1) is 17.1 Å². The predicted molar refractivity (Wildman–Crippen MR) is 76.4 cm³/mol. The third-order valence-corrected chi connectivity index (χ3v) is 3.56. The normalized spacial score (nSPS) is 10.5. The van der Waals surface area contributed by atoms with E-state index < -0.39 is 5.97 Å². The first-order valence-electron chi connectivity index (χ1n) is 5.79. The number of hydrogen-bond acceptors (Lipinski definition) is 4. The van der Waals surface area contributed by atoms with Gasteiger partial charge in [-0.2, -0.15) is 0 Å². The largest absolute Gasteiger partial charge is 0.481 e. The Morgan fingerprint density at radius 3 is 2.79 bits per heavy atom. The molecule has 4 nitrogen and oxygen atoms in total. The van der Waals surface area contributed by atoms with Gasteiger partial charge >= 0.3 is 5.97 Å². The molecule has 0 N–H and O–H groups in total. The van der Waals surface area contributed by atoms with Crippen LogP contribution in [0.4, 0.5) is 0 Å². The number of methoxy groups -OCH3 is 1. The average Bonchev–Trinajstić information content (AvgIpc) is 2.36. The zero-order chi connectivity index (χ0) is 14.0. The molecule has 1 aromatic heterocycles. The van der Waals surface area contributed by atoms with Crippen molar-refractivity contribution >= 4 is 32.8 Å². The standard InChI is InChI=1S/C14H14BrNO3/c1-8-6-9(2)16-10-4-5-11(14(15)13(8)10)19-7-12(17)18-3/h4-6H,7H2,1-3H3. The molecule has 0 spiro atoms.